The first-order valence-corrected chi connectivity index (χ1v) is 4.74. The molecule has 0 bridgehead atoms. The lowest BCUT2D eigenvalue weighted by atomic mass is 10.2. The molecule has 1 fully saturated rings. The Morgan fingerprint density at radius 2 is 2.18 bits per heavy atom. The first-order valence-electron chi connectivity index (χ1n) is 3.13. The predicted molar refractivity (Wildman–Crippen MR) is 37.6 cm³/mol. The molecule has 1 rings (SSSR count). The van der Waals surface area contributed by atoms with Gasteiger partial charge in [0.25, 0.3) is 0 Å². The molecule has 1 heterocycles. The Morgan fingerprint density at radius 3 is 2.36 bits per heavy atom. The summed E-state index contributed by atoms with van der Waals surface area (Å²) in [4.78, 5) is 10.4. The van der Waals surface area contributed by atoms with Crippen molar-refractivity contribution in [2.45, 2.75) is 12.5 Å². The number of carboxylic acid groups (broad SMARTS) is 1. The lowest BCUT2D eigenvalue weighted by Crippen LogP contribution is -2.34. The number of rotatable bonds is 1. The highest BCUT2D eigenvalue weighted by Crippen LogP contribution is 2.18. The second-order valence-corrected chi connectivity index (χ2v) is 4.62. The summed E-state index contributed by atoms with van der Waals surface area (Å²) < 4.78 is 22.8. The number of nitrogens with zero attached hydrogens (tertiary/aromatic N) is 1. The largest absolute Gasteiger partial charge is 0.480 e. The number of hydrogen-bond acceptors (Lipinski definition) is 3. The van der Waals surface area contributed by atoms with Crippen LogP contribution in [-0.4, -0.2) is 42.6 Å². The molecular formula is C5H9NO4S. The van der Waals surface area contributed by atoms with Crippen LogP contribution in [0.15, 0.2) is 0 Å². The highest BCUT2D eigenvalue weighted by Gasteiger charge is 2.38. The minimum absolute atomic E-state index is 0.0551. The lowest BCUT2D eigenvalue weighted by Gasteiger charge is -2.12. The van der Waals surface area contributed by atoms with E-state index in [0.717, 1.165) is 4.31 Å². The van der Waals surface area contributed by atoms with E-state index >= 15 is 0 Å². The molecule has 1 aliphatic heterocycles. The van der Waals surface area contributed by atoms with Crippen LogP contribution in [0.2, 0.25) is 0 Å². The Balaban J connectivity index is 2.88. The van der Waals surface area contributed by atoms with E-state index in [1.807, 2.05) is 0 Å². The van der Waals surface area contributed by atoms with Crippen LogP contribution < -0.4 is 0 Å². The van der Waals surface area contributed by atoms with E-state index in [1.54, 1.807) is 0 Å². The van der Waals surface area contributed by atoms with Crippen LogP contribution in [0.1, 0.15) is 6.42 Å². The molecule has 0 spiro atoms. The fourth-order valence-electron chi connectivity index (χ4n) is 1.06. The number of carbonyl (C=O) groups is 1. The van der Waals surface area contributed by atoms with Crippen LogP contribution in [0.4, 0.5) is 0 Å². The molecule has 0 aromatic rings. The van der Waals surface area contributed by atoms with Gasteiger partial charge in [0.1, 0.15) is 6.04 Å². The van der Waals surface area contributed by atoms with Crippen LogP contribution in [0, 0.1) is 0 Å². The van der Waals surface area contributed by atoms with Gasteiger partial charge >= 0.3 is 5.97 Å². The van der Waals surface area contributed by atoms with Gasteiger partial charge in [0.2, 0.25) is 10.0 Å². The molecule has 1 unspecified atom stereocenters. The summed E-state index contributed by atoms with van der Waals surface area (Å²) in [6.07, 6.45) is 0.189. The molecule has 0 aromatic carbocycles. The zero-order valence-electron chi connectivity index (χ0n) is 6.02. The Bertz CT molecular complexity index is 270. The minimum atomic E-state index is -3.27. The van der Waals surface area contributed by atoms with Crippen LogP contribution in [0.5, 0.6) is 0 Å². The van der Waals surface area contributed by atoms with Crippen molar-refractivity contribution in [2.24, 2.45) is 0 Å². The van der Waals surface area contributed by atoms with Crippen LogP contribution in [-0.2, 0) is 14.8 Å². The zero-order chi connectivity index (χ0) is 8.65. The summed E-state index contributed by atoms with van der Waals surface area (Å²) in [6, 6.07) is -0.861. The number of likely N-dealkylation sites (N-methyl/N-ethyl adjacent to an activating group) is 1. The second-order valence-electron chi connectivity index (χ2n) is 2.47. The molecule has 1 aliphatic rings. The third kappa shape index (κ3) is 1.36. The van der Waals surface area contributed by atoms with Gasteiger partial charge in [-0.3, -0.25) is 4.79 Å². The van der Waals surface area contributed by atoms with E-state index in [0.29, 0.717) is 0 Å². The molecule has 1 atom stereocenters. The van der Waals surface area contributed by atoms with Crippen molar-refractivity contribution in [3.05, 3.63) is 0 Å². The van der Waals surface area contributed by atoms with E-state index < -0.39 is 22.0 Å². The summed E-state index contributed by atoms with van der Waals surface area (Å²) in [6.45, 7) is 0. The molecule has 5 nitrogen and oxygen atoms in total. The van der Waals surface area contributed by atoms with Gasteiger partial charge < -0.3 is 5.11 Å². The molecule has 1 N–H and O–H groups in total. The topological polar surface area (TPSA) is 74.7 Å². The van der Waals surface area contributed by atoms with E-state index in [4.69, 9.17) is 5.11 Å². The van der Waals surface area contributed by atoms with Gasteiger partial charge in [0.15, 0.2) is 0 Å². The lowest BCUT2D eigenvalue weighted by molar-refractivity contribution is -0.140. The van der Waals surface area contributed by atoms with Crippen molar-refractivity contribution in [1.29, 1.82) is 0 Å². The Hall–Kier alpha value is -0.620. The summed E-state index contributed by atoms with van der Waals surface area (Å²) in [5.74, 6) is -1.13. The first-order chi connectivity index (χ1) is 4.95. The Morgan fingerprint density at radius 1 is 1.64 bits per heavy atom. The van der Waals surface area contributed by atoms with Crippen LogP contribution in [0.3, 0.4) is 0 Å². The molecule has 6 heteroatoms. The van der Waals surface area contributed by atoms with Crippen molar-refractivity contribution < 1.29 is 18.3 Å². The van der Waals surface area contributed by atoms with E-state index in [1.165, 1.54) is 7.05 Å². The van der Waals surface area contributed by atoms with Gasteiger partial charge in [-0.25, -0.2) is 8.42 Å². The van der Waals surface area contributed by atoms with Crippen LogP contribution in [0.25, 0.3) is 0 Å². The standard InChI is InChI=1S/C5H9NO4S/c1-6-4(5(7)8)2-3-11(6,9)10/h4H,2-3H2,1H3,(H,7,8). The normalized spacial score (nSPS) is 30.5. The van der Waals surface area contributed by atoms with Crippen molar-refractivity contribution in [3.8, 4) is 0 Å². The number of hydrogen-bond donors (Lipinski definition) is 1. The summed E-state index contributed by atoms with van der Waals surface area (Å²) in [5.41, 5.74) is 0. The van der Waals surface area contributed by atoms with Crippen molar-refractivity contribution in [3.63, 3.8) is 0 Å². The monoisotopic (exact) mass is 179 g/mol. The maximum atomic E-state index is 10.9. The average molecular weight is 179 g/mol. The molecule has 0 aromatic heterocycles. The molecule has 0 saturated carbocycles. The second kappa shape index (κ2) is 2.46. The smallest absolute Gasteiger partial charge is 0.322 e. The predicted octanol–water partition coefficient (Wildman–Crippen LogP) is -0.895. The summed E-state index contributed by atoms with van der Waals surface area (Å²) in [5, 5.41) is 8.51. The summed E-state index contributed by atoms with van der Waals surface area (Å²) in [7, 11) is -1.97. The van der Waals surface area contributed by atoms with E-state index in [-0.39, 0.29) is 12.2 Å². The maximum Gasteiger partial charge on any atom is 0.322 e. The molecular weight excluding hydrogens is 170 g/mol. The molecule has 0 radical (unpaired) electrons. The first kappa shape index (κ1) is 8.48. The third-order valence-corrected chi connectivity index (χ3v) is 3.70. The summed E-state index contributed by atoms with van der Waals surface area (Å²) >= 11 is 0. The van der Waals surface area contributed by atoms with Gasteiger partial charge in [0.05, 0.1) is 5.75 Å². The minimum Gasteiger partial charge on any atom is -0.480 e. The van der Waals surface area contributed by atoms with Crippen molar-refractivity contribution >= 4 is 16.0 Å². The fourth-order valence-corrected chi connectivity index (χ4v) is 2.45. The van der Waals surface area contributed by atoms with E-state index in [9.17, 15) is 13.2 Å². The van der Waals surface area contributed by atoms with Gasteiger partial charge in [0, 0.05) is 7.05 Å². The number of sulfonamides is 1. The highest BCUT2D eigenvalue weighted by molar-refractivity contribution is 7.89. The highest BCUT2D eigenvalue weighted by atomic mass is 32.2. The van der Waals surface area contributed by atoms with Crippen molar-refractivity contribution in [1.82, 2.24) is 4.31 Å². The zero-order valence-corrected chi connectivity index (χ0v) is 6.84. The number of aliphatic carboxylic acids is 1. The SMILES string of the molecule is CN1C(C(=O)O)CCS1(=O)=O. The molecule has 11 heavy (non-hydrogen) atoms. The van der Waals surface area contributed by atoms with E-state index in [2.05, 4.69) is 0 Å². The average Bonchev–Trinajstić information content (AvgIpc) is 2.09. The maximum absolute atomic E-state index is 10.9. The molecule has 0 amide bonds. The van der Waals surface area contributed by atoms with Gasteiger partial charge in [-0.1, -0.05) is 0 Å². The van der Waals surface area contributed by atoms with Gasteiger partial charge in [-0.2, -0.15) is 4.31 Å². The van der Waals surface area contributed by atoms with Gasteiger partial charge in [-0.05, 0) is 6.42 Å². The Kier molecular flexibility index (Phi) is 1.89. The van der Waals surface area contributed by atoms with Crippen molar-refractivity contribution in [2.75, 3.05) is 12.8 Å². The van der Waals surface area contributed by atoms with Crippen LogP contribution >= 0.6 is 0 Å². The molecule has 64 valence electrons. The van der Waals surface area contributed by atoms with Gasteiger partial charge in [-0.15, -0.1) is 0 Å². The fraction of sp³-hybridized carbons (Fsp3) is 0.800. The Labute approximate surface area is 64.7 Å². The number of carboxylic acids is 1. The molecule has 1 saturated heterocycles. The molecule has 0 aliphatic carbocycles. The quantitative estimate of drug-likeness (QED) is 0.566. The third-order valence-electron chi connectivity index (χ3n) is 1.81.